The van der Waals surface area contributed by atoms with E-state index >= 15 is 0 Å². The Bertz CT molecular complexity index is 396. The number of nitrogens with one attached hydrogen (secondary N) is 1. The molecule has 1 N–H and O–H groups in total. The maximum absolute atomic E-state index is 11.7. The Kier molecular flexibility index (Phi) is 5.70. The van der Waals surface area contributed by atoms with Crippen LogP contribution in [0.2, 0.25) is 0 Å². The first kappa shape index (κ1) is 14.4. The molecule has 0 spiro atoms. The number of carbonyl (C=O) groups is 1. The van der Waals surface area contributed by atoms with Crippen molar-refractivity contribution in [1.29, 1.82) is 0 Å². The number of ether oxygens (including phenoxy) is 1. The number of para-hydroxylation sites is 1. The van der Waals surface area contributed by atoms with Crippen LogP contribution in [0.15, 0.2) is 30.3 Å². The first-order chi connectivity index (χ1) is 9.29. The second-order valence-electron chi connectivity index (χ2n) is 5.01. The van der Waals surface area contributed by atoms with Crippen LogP contribution in [0.1, 0.15) is 19.3 Å². The molecule has 1 aromatic carbocycles. The van der Waals surface area contributed by atoms with Crippen LogP contribution in [-0.2, 0) is 4.79 Å². The van der Waals surface area contributed by atoms with Crippen molar-refractivity contribution in [3.05, 3.63) is 30.3 Å². The molecule has 0 bridgehead atoms. The van der Waals surface area contributed by atoms with E-state index in [-0.39, 0.29) is 12.5 Å². The van der Waals surface area contributed by atoms with Gasteiger partial charge in [-0.15, -0.1) is 0 Å². The Labute approximate surface area is 122 Å². The SMILES string of the molecule is O=C(COc1ccccc1)NCC1CCCC1CBr. The van der Waals surface area contributed by atoms with Crippen molar-refractivity contribution in [1.82, 2.24) is 5.32 Å². The fourth-order valence-electron chi connectivity index (χ4n) is 2.55. The van der Waals surface area contributed by atoms with Crippen molar-refractivity contribution < 1.29 is 9.53 Å². The minimum Gasteiger partial charge on any atom is -0.484 e. The van der Waals surface area contributed by atoms with E-state index in [2.05, 4.69) is 21.2 Å². The zero-order valence-electron chi connectivity index (χ0n) is 11.0. The molecule has 0 saturated heterocycles. The largest absolute Gasteiger partial charge is 0.484 e. The number of amides is 1. The molecule has 3 nitrogen and oxygen atoms in total. The average Bonchev–Trinajstić information content (AvgIpc) is 2.91. The summed E-state index contributed by atoms with van der Waals surface area (Å²) in [6.45, 7) is 0.864. The summed E-state index contributed by atoms with van der Waals surface area (Å²) in [4.78, 5) is 11.7. The quantitative estimate of drug-likeness (QED) is 0.816. The first-order valence-corrected chi connectivity index (χ1v) is 7.92. The summed E-state index contributed by atoms with van der Waals surface area (Å²) in [5, 5.41) is 4.01. The van der Waals surface area contributed by atoms with E-state index in [0.29, 0.717) is 11.8 Å². The smallest absolute Gasteiger partial charge is 0.257 e. The Hall–Kier alpha value is -1.03. The van der Waals surface area contributed by atoms with E-state index in [0.717, 1.165) is 17.6 Å². The summed E-state index contributed by atoms with van der Waals surface area (Å²) in [6, 6.07) is 9.42. The second-order valence-corrected chi connectivity index (χ2v) is 5.66. The highest BCUT2D eigenvalue weighted by Gasteiger charge is 2.26. The van der Waals surface area contributed by atoms with Crippen LogP contribution < -0.4 is 10.1 Å². The van der Waals surface area contributed by atoms with E-state index < -0.39 is 0 Å². The topological polar surface area (TPSA) is 38.3 Å². The number of halogens is 1. The molecule has 1 aromatic rings. The van der Waals surface area contributed by atoms with Gasteiger partial charge in [-0.25, -0.2) is 0 Å². The van der Waals surface area contributed by atoms with Gasteiger partial charge in [0.2, 0.25) is 0 Å². The monoisotopic (exact) mass is 325 g/mol. The molecule has 2 atom stereocenters. The molecule has 1 aliphatic rings. The van der Waals surface area contributed by atoms with E-state index in [9.17, 15) is 4.79 Å². The molecule has 0 heterocycles. The number of carbonyl (C=O) groups excluding carboxylic acids is 1. The third-order valence-electron chi connectivity index (χ3n) is 3.69. The molecular weight excluding hydrogens is 306 g/mol. The molecule has 1 saturated carbocycles. The normalized spacial score (nSPS) is 22.2. The lowest BCUT2D eigenvalue weighted by Crippen LogP contribution is -2.34. The number of alkyl halides is 1. The number of hydrogen-bond donors (Lipinski definition) is 1. The highest BCUT2D eigenvalue weighted by molar-refractivity contribution is 9.09. The fourth-order valence-corrected chi connectivity index (χ4v) is 3.40. The predicted molar refractivity (Wildman–Crippen MR) is 79.6 cm³/mol. The molecule has 4 heteroatoms. The first-order valence-electron chi connectivity index (χ1n) is 6.80. The number of benzene rings is 1. The van der Waals surface area contributed by atoms with E-state index in [1.807, 2.05) is 30.3 Å². The molecule has 0 aliphatic heterocycles. The van der Waals surface area contributed by atoms with Crippen molar-refractivity contribution in [2.75, 3.05) is 18.5 Å². The molecular formula is C15H20BrNO2. The van der Waals surface area contributed by atoms with Gasteiger partial charge in [0.15, 0.2) is 6.61 Å². The van der Waals surface area contributed by atoms with Gasteiger partial charge in [0.05, 0.1) is 0 Å². The summed E-state index contributed by atoms with van der Waals surface area (Å²) >= 11 is 3.55. The molecule has 104 valence electrons. The van der Waals surface area contributed by atoms with Crippen molar-refractivity contribution in [2.24, 2.45) is 11.8 Å². The van der Waals surface area contributed by atoms with E-state index in [1.54, 1.807) is 0 Å². The molecule has 1 fully saturated rings. The van der Waals surface area contributed by atoms with Gasteiger partial charge in [-0.3, -0.25) is 4.79 Å². The lowest BCUT2D eigenvalue weighted by Gasteiger charge is -2.17. The molecule has 1 amide bonds. The standard InChI is InChI=1S/C15H20BrNO2/c16-9-12-5-4-6-13(12)10-17-15(18)11-19-14-7-2-1-3-8-14/h1-3,7-8,12-13H,4-6,9-11H2,(H,17,18). The molecule has 0 radical (unpaired) electrons. The van der Waals surface area contributed by atoms with Crippen LogP contribution >= 0.6 is 15.9 Å². The zero-order valence-corrected chi connectivity index (χ0v) is 12.6. The van der Waals surface area contributed by atoms with E-state index in [1.165, 1.54) is 19.3 Å². The molecule has 19 heavy (non-hydrogen) atoms. The van der Waals surface area contributed by atoms with Gasteiger partial charge in [-0.2, -0.15) is 0 Å². The molecule has 0 aromatic heterocycles. The van der Waals surface area contributed by atoms with Crippen LogP contribution in [0.4, 0.5) is 0 Å². The van der Waals surface area contributed by atoms with Gasteiger partial charge in [0, 0.05) is 11.9 Å². The summed E-state index contributed by atoms with van der Waals surface area (Å²) in [5.41, 5.74) is 0. The maximum atomic E-state index is 11.7. The summed E-state index contributed by atoms with van der Waals surface area (Å²) in [6.07, 6.45) is 3.76. The lowest BCUT2D eigenvalue weighted by atomic mass is 9.98. The van der Waals surface area contributed by atoms with Gasteiger partial charge in [-0.1, -0.05) is 40.5 Å². The average molecular weight is 326 g/mol. The highest BCUT2D eigenvalue weighted by atomic mass is 79.9. The summed E-state index contributed by atoms with van der Waals surface area (Å²) < 4.78 is 5.41. The van der Waals surface area contributed by atoms with Crippen LogP contribution in [0.5, 0.6) is 5.75 Å². The molecule has 2 rings (SSSR count). The minimum atomic E-state index is -0.0379. The highest BCUT2D eigenvalue weighted by Crippen LogP contribution is 2.32. The lowest BCUT2D eigenvalue weighted by molar-refractivity contribution is -0.123. The van der Waals surface area contributed by atoms with Crippen molar-refractivity contribution in [3.63, 3.8) is 0 Å². The maximum Gasteiger partial charge on any atom is 0.257 e. The molecule has 1 aliphatic carbocycles. The Morgan fingerprint density at radius 2 is 2.00 bits per heavy atom. The predicted octanol–water partition coefficient (Wildman–Crippen LogP) is 2.99. The second kappa shape index (κ2) is 7.53. The van der Waals surface area contributed by atoms with Crippen molar-refractivity contribution >= 4 is 21.8 Å². The zero-order chi connectivity index (χ0) is 13.5. The van der Waals surface area contributed by atoms with Crippen LogP contribution in [0.3, 0.4) is 0 Å². The van der Waals surface area contributed by atoms with Gasteiger partial charge >= 0.3 is 0 Å². The van der Waals surface area contributed by atoms with Crippen LogP contribution in [0.25, 0.3) is 0 Å². The summed E-state index contributed by atoms with van der Waals surface area (Å²) in [7, 11) is 0. The van der Waals surface area contributed by atoms with Crippen molar-refractivity contribution in [3.8, 4) is 5.75 Å². The van der Waals surface area contributed by atoms with Crippen LogP contribution in [-0.4, -0.2) is 24.4 Å². The number of hydrogen-bond acceptors (Lipinski definition) is 2. The van der Waals surface area contributed by atoms with Gasteiger partial charge in [0.1, 0.15) is 5.75 Å². The van der Waals surface area contributed by atoms with Crippen LogP contribution in [0, 0.1) is 11.8 Å². The van der Waals surface area contributed by atoms with Gasteiger partial charge < -0.3 is 10.1 Å². The van der Waals surface area contributed by atoms with E-state index in [4.69, 9.17) is 4.74 Å². The van der Waals surface area contributed by atoms with Gasteiger partial charge in [-0.05, 0) is 36.8 Å². The fraction of sp³-hybridized carbons (Fsp3) is 0.533. The Morgan fingerprint density at radius 3 is 2.74 bits per heavy atom. The third-order valence-corrected chi connectivity index (χ3v) is 4.52. The third kappa shape index (κ3) is 4.53. The molecule has 2 unspecified atom stereocenters. The minimum absolute atomic E-state index is 0.0379. The summed E-state index contributed by atoms with van der Waals surface area (Å²) in [5.74, 6) is 2.01. The Balaban J connectivity index is 1.67. The van der Waals surface area contributed by atoms with Gasteiger partial charge in [0.25, 0.3) is 5.91 Å². The number of rotatable bonds is 6. The Morgan fingerprint density at radius 1 is 1.26 bits per heavy atom. The van der Waals surface area contributed by atoms with Crippen molar-refractivity contribution in [2.45, 2.75) is 19.3 Å².